The van der Waals surface area contributed by atoms with Crippen molar-refractivity contribution in [3.8, 4) is 5.75 Å². The van der Waals surface area contributed by atoms with Crippen molar-refractivity contribution < 1.29 is 13.9 Å². The first-order valence-corrected chi connectivity index (χ1v) is 7.95. The molecule has 0 N–H and O–H groups in total. The number of carbonyl (C=O) groups is 1. The van der Waals surface area contributed by atoms with Crippen LogP contribution >= 0.6 is 0 Å². The van der Waals surface area contributed by atoms with Crippen molar-refractivity contribution in [2.45, 2.75) is 26.5 Å². The lowest BCUT2D eigenvalue weighted by Gasteiger charge is -2.07. The van der Waals surface area contributed by atoms with Crippen molar-refractivity contribution in [2.24, 2.45) is 0 Å². The predicted molar refractivity (Wildman–Crippen MR) is 88.7 cm³/mol. The number of ketones is 1. The third kappa shape index (κ3) is 4.06. The van der Waals surface area contributed by atoms with Crippen LogP contribution in [-0.4, -0.2) is 26.0 Å². The summed E-state index contributed by atoms with van der Waals surface area (Å²) in [6.07, 6.45) is 0.929. The maximum atomic E-state index is 12.9. The van der Waals surface area contributed by atoms with Crippen LogP contribution in [0, 0.1) is 5.82 Å². The fourth-order valence-corrected chi connectivity index (χ4v) is 2.33. The molecule has 6 nitrogen and oxygen atoms in total. The van der Waals surface area contributed by atoms with Gasteiger partial charge in [0.2, 0.25) is 0 Å². The molecule has 0 radical (unpaired) electrons. The van der Waals surface area contributed by atoms with E-state index >= 15 is 0 Å². The van der Waals surface area contributed by atoms with Crippen molar-refractivity contribution in [1.82, 2.24) is 20.2 Å². The Morgan fingerprint density at radius 3 is 2.36 bits per heavy atom. The van der Waals surface area contributed by atoms with Gasteiger partial charge in [0.25, 0.3) is 0 Å². The van der Waals surface area contributed by atoms with Gasteiger partial charge in [0.1, 0.15) is 18.2 Å². The maximum Gasteiger partial charge on any atom is 0.193 e. The Morgan fingerprint density at radius 2 is 1.72 bits per heavy atom. The van der Waals surface area contributed by atoms with Crippen molar-refractivity contribution in [2.75, 3.05) is 0 Å². The average Bonchev–Trinajstić information content (AvgIpc) is 3.08. The van der Waals surface area contributed by atoms with Gasteiger partial charge in [-0.05, 0) is 65.4 Å². The largest absolute Gasteiger partial charge is 0.486 e. The minimum Gasteiger partial charge on any atom is -0.486 e. The summed E-state index contributed by atoms with van der Waals surface area (Å²) in [5, 5.41) is 11.5. The molecule has 25 heavy (non-hydrogen) atoms. The zero-order valence-electron chi connectivity index (χ0n) is 13.7. The van der Waals surface area contributed by atoms with Crippen LogP contribution < -0.4 is 4.74 Å². The summed E-state index contributed by atoms with van der Waals surface area (Å²) in [6.45, 7) is 3.03. The molecule has 0 aliphatic carbocycles. The molecule has 1 heterocycles. The molecule has 1 aromatic heterocycles. The second kappa shape index (κ2) is 7.65. The minimum absolute atomic E-state index is 0.168. The number of carbonyl (C=O) groups excluding carboxylic acids is 1. The van der Waals surface area contributed by atoms with E-state index in [9.17, 15) is 9.18 Å². The highest BCUT2D eigenvalue weighted by molar-refractivity contribution is 6.08. The van der Waals surface area contributed by atoms with Crippen LogP contribution in [0.1, 0.15) is 35.1 Å². The average molecular weight is 340 g/mol. The van der Waals surface area contributed by atoms with Crippen LogP contribution in [0.15, 0.2) is 48.5 Å². The topological polar surface area (TPSA) is 69.9 Å². The molecule has 0 fully saturated rings. The first-order valence-electron chi connectivity index (χ1n) is 7.95. The number of rotatable bonds is 7. The number of ether oxygens (including phenoxy) is 1. The summed E-state index contributed by atoms with van der Waals surface area (Å²) in [4.78, 5) is 12.3. The Labute approximate surface area is 144 Å². The number of hydrogen-bond acceptors (Lipinski definition) is 5. The molecule has 0 spiro atoms. The second-order valence-electron chi connectivity index (χ2n) is 5.47. The first-order chi connectivity index (χ1) is 12.2. The van der Waals surface area contributed by atoms with E-state index in [1.54, 1.807) is 28.9 Å². The normalized spacial score (nSPS) is 10.6. The number of aromatic nitrogens is 4. The number of benzene rings is 2. The molecule has 128 valence electrons. The Morgan fingerprint density at radius 1 is 1.08 bits per heavy atom. The van der Waals surface area contributed by atoms with E-state index in [4.69, 9.17) is 4.74 Å². The lowest BCUT2D eigenvalue weighted by atomic mass is 10.0. The van der Waals surface area contributed by atoms with E-state index < -0.39 is 0 Å². The van der Waals surface area contributed by atoms with E-state index in [0.29, 0.717) is 22.7 Å². The highest BCUT2D eigenvalue weighted by Crippen LogP contribution is 2.17. The summed E-state index contributed by atoms with van der Waals surface area (Å²) in [7, 11) is 0. The second-order valence-corrected chi connectivity index (χ2v) is 5.47. The molecule has 0 atom stereocenters. The van der Waals surface area contributed by atoms with Gasteiger partial charge in [-0.3, -0.25) is 4.79 Å². The fraction of sp³-hybridized carbons (Fsp3) is 0.222. The summed E-state index contributed by atoms with van der Waals surface area (Å²) in [5.74, 6) is 0.721. The summed E-state index contributed by atoms with van der Waals surface area (Å²) >= 11 is 0. The molecule has 0 unspecified atom stereocenters. The van der Waals surface area contributed by atoms with Gasteiger partial charge in [-0.15, -0.1) is 5.10 Å². The van der Waals surface area contributed by atoms with Crippen LogP contribution in [-0.2, 0) is 13.2 Å². The van der Waals surface area contributed by atoms with Gasteiger partial charge in [0, 0.05) is 17.7 Å². The van der Waals surface area contributed by atoms with E-state index in [-0.39, 0.29) is 18.2 Å². The quantitative estimate of drug-likeness (QED) is 0.618. The maximum absolute atomic E-state index is 12.9. The lowest BCUT2D eigenvalue weighted by molar-refractivity contribution is 0.103. The lowest BCUT2D eigenvalue weighted by Crippen LogP contribution is -2.08. The number of aryl methyl sites for hydroxylation is 1. The van der Waals surface area contributed by atoms with Gasteiger partial charge in [0.15, 0.2) is 11.6 Å². The van der Waals surface area contributed by atoms with Crippen molar-refractivity contribution in [3.05, 3.63) is 71.3 Å². The molecular formula is C18H17FN4O2. The minimum atomic E-state index is -0.370. The molecule has 0 aliphatic rings. The number of hydrogen-bond donors (Lipinski definition) is 0. The zero-order valence-corrected chi connectivity index (χ0v) is 13.7. The Balaban J connectivity index is 1.65. The Bertz CT molecular complexity index is 844. The van der Waals surface area contributed by atoms with Crippen molar-refractivity contribution in [1.29, 1.82) is 0 Å². The van der Waals surface area contributed by atoms with Crippen LogP contribution in [0.3, 0.4) is 0 Å². The van der Waals surface area contributed by atoms with Gasteiger partial charge in [-0.25, -0.2) is 9.07 Å². The third-order valence-electron chi connectivity index (χ3n) is 3.63. The molecule has 3 rings (SSSR count). The van der Waals surface area contributed by atoms with Gasteiger partial charge in [-0.1, -0.05) is 6.92 Å². The van der Waals surface area contributed by atoms with Crippen LogP contribution in [0.25, 0.3) is 0 Å². The molecule has 2 aromatic carbocycles. The van der Waals surface area contributed by atoms with Gasteiger partial charge in [-0.2, -0.15) is 0 Å². The van der Waals surface area contributed by atoms with Gasteiger partial charge >= 0.3 is 0 Å². The Kier molecular flexibility index (Phi) is 5.13. The van der Waals surface area contributed by atoms with Crippen LogP contribution in [0.2, 0.25) is 0 Å². The zero-order chi connectivity index (χ0) is 17.6. The first kappa shape index (κ1) is 16.8. The molecular weight excluding hydrogens is 323 g/mol. The number of nitrogens with zero attached hydrogens (tertiary/aromatic N) is 4. The third-order valence-corrected chi connectivity index (χ3v) is 3.63. The van der Waals surface area contributed by atoms with E-state index in [1.165, 1.54) is 24.3 Å². The Hall–Kier alpha value is -3.09. The standard InChI is InChI=1S/C18H17FN4O2/c1-2-11-23-17(20-21-22-23)12-25-16-9-5-14(6-10-16)18(24)13-3-7-15(19)8-4-13/h3-10H,2,11-12H2,1H3. The number of halogens is 1. The fourth-order valence-electron chi connectivity index (χ4n) is 2.33. The van der Waals surface area contributed by atoms with E-state index in [0.717, 1.165) is 13.0 Å². The summed E-state index contributed by atoms with van der Waals surface area (Å²) < 4.78 is 20.3. The molecule has 0 saturated heterocycles. The SMILES string of the molecule is CCCn1nnnc1COc1ccc(C(=O)c2ccc(F)cc2)cc1. The molecule has 0 bridgehead atoms. The smallest absolute Gasteiger partial charge is 0.193 e. The highest BCUT2D eigenvalue weighted by Gasteiger charge is 2.10. The van der Waals surface area contributed by atoms with Gasteiger partial charge in [0.05, 0.1) is 0 Å². The van der Waals surface area contributed by atoms with Crippen LogP contribution in [0.5, 0.6) is 5.75 Å². The van der Waals surface area contributed by atoms with E-state index in [2.05, 4.69) is 15.5 Å². The molecule has 0 amide bonds. The predicted octanol–water partition coefficient (Wildman–Crippen LogP) is 3.03. The van der Waals surface area contributed by atoms with Crippen molar-refractivity contribution in [3.63, 3.8) is 0 Å². The van der Waals surface area contributed by atoms with E-state index in [1.807, 2.05) is 6.92 Å². The molecule has 7 heteroatoms. The monoisotopic (exact) mass is 340 g/mol. The van der Waals surface area contributed by atoms with Crippen LogP contribution in [0.4, 0.5) is 4.39 Å². The molecule has 0 saturated carbocycles. The van der Waals surface area contributed by atoms with Crippen molar-refractivity contribution >= 4 is 5.78 Å². The molecule has 3 aromatic rings. The van der Waals surface area contributed by atoms with Gasteiger partial charge < -0.3 is 4.74 Å². The highest BCUT2D eigenvalue weighted by atomic mass is 19.1. The number of tetrazole rings is 1. The summed E-state index contributed by atoms with van der Waals surface area (Å²) in [5.41, 5.74) is 0.948. The molecule has 0 aliphatic heterocycles. The summed E-state index contributed by atoms with van der Waals surface area (Å²) in [6, 6.07) is 12.3.